The summed E-state index contributed by atoms with van der Waals surface area (Å²) in [4.78, 5) is 15.4. The molecule has 1 N–H and O–H groups in total. The van der Waals surface area contributed by atoms with Crippen LogP contribution in [0.5, 0.6) is 11.5 Å². The first-order valence-corrected chi connectivity index (χ1v) is 13.8. The third-order valence-electron chi connectivity index (χ3n) is 6.84. The first kappa shape index (κ1) is 25.1. The van der Waals surface area contributed by atoms with Crippen LogP contribution in [-0.4, -0.2) is 67.8 Å². The second kappa shape index (κ2) is 10.1. The van der Waals surface area contributed by atoms with Crippen molar-refractivity contribution >= 4 is 27.3 Å². The van der Waals surface area contributed by atoms with Gasteiger partial charge in [0.15, 0.2) is 11.5 Å². The summed E-state index contributed by atoms with van der Waals surface area (Å²) < 4.78 is 41.3. The Bertz CT molecular complexity index is 1430. The second-order valence-corrected chi connectivity index (χ2v) is 11.0. The van der Waals surface area contributed by atoms with Crippen LogP contribution < -0.4 is 19.7 Å². The highest BCUT2D eigenvalue weighted by Crippen LogP contribution is 2.33. The first-order chi connectivity index (χ1) is 17.8. The van der Waals surface area contributed by atoms with Crippen molar-refractivity contribution < 1.29 is 22.7 Å². The van der Waals surface area contributed by atoms with E-state index in [1.807, 2.05) is 13.0 Å². The number of carbonyl (C=O) groups is 1. The van der Waals surface area contributed by atoms with Gasteiger partial charge in [0.1, 0.15) is 13.2 Å². The third kappa shape index (κ3) is 4.88. The van der Waals surface area contributed by atoms with Crippen LogP contribution in [0.4, 0.5) is 11.4 Å². The maximum atomic E-state index is 13.7. The van der Waals surface area contributed by atoms with Crippen LogP contribution in [0.1, 0.15) is 28.4 Å². The summed E-state index contributed by atoms with van der Waals surface area (Å²) in [6, 6.07) is 11.2. The van der Waals surface area contributed by atoms with Gasteiger partial charge in [0.05, 0.1) is 5.56 Å². The lowest BCUT2D eigenvalue weighted by atomic mass is 10.1. The molecule has 1 fully saturated rings. The monoisotopic (exact) mass is 525 g/mol. The predicted molar refractivity (Wildman–Crippen MR) is 140 cm³/mol. The topological polar surface area (TPSA) is 106 Å². The van der Waals surface area contributed by atoms with E-state index >= 15 is 0 Å². The predicted octanol–water partition coefficient (Wildman–Crippen LogP) is 3.05. The molecule has 0 radical (unpaired) electrons. The van der Waals surface area contributed by atoms with Crippen molar-refractivity contribution in [2.75, 3.05) is 49.6 Å². The molecule has 11 heteroatoms. The number of hydrogen-bond acceptors (Lipinski definition) is 7. The molecule has 5 rings (SSSR count). The molecule has 2 aliphatic rings. The Kier molecular flexibility index (Phi) is 6.82. The lowest BCUT2D eigenvalue weighted by Crippen LogP contribution is -2.49. The van der Waals surface area contributed by atoms with Crippen LogP contribution in [0.3, 0.4) is 0 Å². The number of carbonyl (C=O) groups excluding carboxylic acids is 1. The van der Waals surface area contributed by atoms with Crippen LogP contribution in [-0.2, 0) is 16.6 Å². The maximum absolute atomic E-state index is 13.7. The first-order valence-electron chi connectivity index (χ1n) is 12.4. The van der Waals surface area contributed by atoms with E-state index in [4.69, 9.17) is 9.47 Å². The number of piperazine rings is 1. The molecule has 1 aromatic heterocycles. The number of rotatable bonds is 6. The van der Waals surface area contributed by atoms with Gasteiger partial charge in [-0.1, -0.05) is 12.1 Å². The van der Waals surface area contributed by atoms with Gasteiger partial charge in [-0.3, -0.25) is 9.48 Å². The van der Waals surface area contributed by atoms with E-state index < -0.39 is 15.9 Å². The molecule has 2 aromatic carbocycles. The second-order valence-electron chi connectivity index (χ2n) is 9.13. The number of nitrogens with one attached hydrogen (secondary N) is 1. The van der Waals surface area contributed by atoms with Gasteiger partial charge in [0.2, 0.25) is 5.03 Å². The SMILES string of the molecule is CCn1cc(C(=O)Nc2ccc3c(c2)OCCO3)c(S(=O)(=O)N2CCN(c3cccc(C)c3C)CC2)n1. The van der Waals surface area contributed by atoms with E-state index in [-0.39, 0.29) is 10.6 Å². The normalized spacial score (nSPS) is 16.0. The minimum Gasteiger partial charge on any atom is -0.486 e. The molecule has 1 amide bonds. The Morgan fingerprint density at radius 3 is 2.49 bits per heavy atom. The molecule has 3 aromatic rings. The zero-order valence-electron chi connectivity index (χ0n) is 21.2. The van der Waals surface area contributed by atoms with E-state index in [1.165, 1.54) is 26.3 Å². The van der Waals surface area contributed by atoms with Gasteiger partial charge in [-0.05, 0) is 50.1 Å². The number of aromatic nitrogens is 2. The molecule has 0 saturated carbocycles. The summed E-state index contributed by atoms with van der Waals surface area (Å²) >= 11 is 0. The van der Waals surface area contributed by atoms with Gasteiger partial charge < -0.3 is 19.7 Å². The van der Waals surface area contributed by atoms with Crippen molar-refractivity contribution in [1.82, 2.24) is 14.1 Å². The number of ether oxygens (including phenoxy) is 2. The van der Waals surface area contributed by atoms with E-state index in [1.54, 1.807) is 18.2 Å². The van der Waals surface area contributed by atoms with Crippen molar-refractivity contribution in [3.63, 3.8) is 0 Å². The Morgan fingerprint density at radius 1 is 1.03 bits per heavy atom. The quantitative estimate of drug-likeness (QED) is 0.527. The van der Waals surface area contributed by atoms with E-state index in [0.29, 0.717) is 63.1 Å². The van der Waals surface area contributed by atoms with Gasteiger partial charge in [-0.25, -0.2) is 8.42 Å². The van der Waals surface area contributed by atoms with Gasteiger partial charge in [0, 0.05) is 56.4 Å². The van der Waals surface area contributed by atoms with Crippen molar-refractivity contribution in [2.24, 2.45) is 0 Å². The zero-order valence-corrected chi connectivity index (χ0v) is 22.0. The Morgan fingerprint density at radius 2 is 1.76 bits per heavy atom. The summed E-state index contributed by atoms with van der Waals surface area (Å²) in [6.07, 6.45) is 1.48. The third-order valence-corrected chi connectivity index (χ3v) is 8.67. The fourth-order valence-electron chi connectivity index (χ4n) is 4.60. The molecule has 37 heavy (non-hydrogen) atoms. The molecular formula is C26H31N5O5S. The summed E-state index contributed by atoms with van der Waals surface area (Å²) in [5.41, 5.74) is 3.99. The highest BCUT2D eigenvalue weighted by molar-refractivity contribution is 7.89. The van der Waals surface area contributed by atoms with Gasteiger partial charge in [-0.15, -0.1) is 0 Å². The molecule has 0 bridgehead atoms. The fourth-order valence-corrected chi connectivity index (χ4v) is 6.12. The number of hydrogen-bond donors (Lipinski definition) is 1. The summed E-state index contributed by atoms with van der Waals surface area (Å²) in [5, 5.41) is 6.83. The molecule has 10 nitrogen and oxygen atoms in total. The van der Waals surface area contributed by atoms with Crippen molar-refractivity contribution in [2.45, 2.75) is 32.3 Å². The lowest BCUT2D eigenvalue weighted by Gasteiger charge is -2.36. The number of nitrogens with zero attached hydrogens (tertiary/aromatic N) is 4. The highest BCUT2D eigenvalue weighted by Gasteiger charge is 2.35. The molecule has 0 atom stereocenters. The van der Waals surface area contributed by atoms with Crippen LogP contribution in [0.15, 0.2) is 47.6 Å². The number of anilines is 2. The smallest absolute Gasteiger partial charge is 0.263 e. The highest BCUT2D eigenvalue weighted by atomic mass is 32.2. The molecule has 0 spiro atoms. The zero-order chi connectivity index (χ0) is 26.2. The fraction of sp³-hybridized carbons (Fsp3) is 0.385. The number of amides is 1. The average molecular weight is 526 g/mol. The average Bonchev–Trinajstić information content (AvgIpc) is 3.36. The van der Waals surface area contributed by atoms with E-state index in [9.17, 15) is 13.2 Å². The molecule has 1 saturated heterocycles. The van der Waals surface area contributed by atoms with Crippen LogP contribution in [0.2, 0.25) is 0 Å². The lowest BCUT2D eigenvalue weighted by molar-refractivity contribution is 0.102. The van der Waals surface area contributed by atoms with Crippen LogP contribution >= 0.6 is 0 Å². The number of fused-ring (bicyclic) bond motifs is 1. The Labute approximate surface area is 216 Å². The molecule has 3 heterocycles. The van der Waals surface area contributed by atoms with Crippen molar-refractivity contribution in [3.05, 3.63) is 59.3 Å². The number of sulfonamides is 1. The molecular weight excluding hydrogens is 494 g/mol. The van der Waals surface area contributed by atoms with E-state index in [2.05, 4.69) is 41.3 Å². The van der Waals surface area contributed by atoms with Crippen molar-refractivity contribution in [1.29, 1.82) is 0 Å². The number of aryl methyl sites for hydroxylation is 2. The Balaban J connectivity index is 1.35. The molecule has 196 valence electrons. The largest absolute Gasteiger partial charge is 0.486 e. The standard InChI is InChI=1S/C26H31N5O5S/c1-4-30-17-21(25(32)27-20-8-9-23-24(16-20)36-15-14-35-23)26(28-30)37(33,34)31-12-10-29(11-13-31)22-7-5-6-18(2)19(22)3/h5-9,16-17H,4,10-15H2,1-3H3,(H,27,32). The summed E-state index contributed by atoms with van der Waals surface area (Å²) in [6.45, 7) is 9.03. The molecule has 0 aliphatic carbocycles. The summed E-state index contributed by atoms with van der Waals surface area (Å²) in [5.74, 6) is 0.582. The van der Waals surface area contributed by atoms with Crippen molar-refractivity contribution in [3.8, 4) is 11.5 Å². The molecule has 0 unspecified atom stereocenters. The molecule has 2 aliphatic heterocycles. The van der Waals surface area contributed by atoms with Crippen LogP contribution in [0.25, 0.3) is 0 Å². The van der Waals surface area contributed by atoms with E-state index in [0.717, 1.165) is 5.69 Å². The van der Waals surface area contributed by atoms with Gasteiger partial charge in [-0.2, -0.15) is 9.40 Å². The van der Waals surface area contributed by atoms with Gasteiger partial charge >= 0.3 is 0 Å². The minimum absolute atomic E-state index is 0.00805. The summed E-state index contributed by atoms with van der Waals surface area (Å²) in [7, 11) is -3.99. The van der Waals surface area contributed by atoms with Gasteiger partial charge in [0.25, 0.3) is 15.9 Å². The minimum atomic E-state index is -3.99. The Hall–Kier alpha value is -3.57. The number of benzene rings is 2. The van der Waals surface area contributed by atoms with Crippen LogP contribution in [0, 0.1) is 13.8 Å². The maximum Gasteiger partial charge on any atom is 0.263 e.